The zero-order chi connectivity index (χ0) is 20.0. The number of benzene rings is 2. The molecule has 0 heterocycles. The predicted octanol–water partition coefficient (Wildman–Crippen LogP) is 3.82. The van der Waals surface area contributed by atoms with Crippen molar-refractivity contribution in [2.24, 2.45) is 0 Å². The van der Waals surface area contributed by atoms with Crippen molar-refractivity contribution in [1.82, 2.24) is 0 Å². The Kier molecular flexibility index (Phi) is 6.33. The van der Waals surface area contributed by atoms with Crippen LogP contribution in [0, 0.1) is 28.4 Å². The topological polar surface area (TPSA) is 114 Å². The Balaban J connectivity index is 2.36. The molecule has 0 aliphatic rings. The maximum atomic E-state index is 12.5. The van der Waals surface area contributed by atoms with Gasteiger partial charge in [-0.15, -0.1) is 0 Å². The van der Waals surface area contributed by atoms with Gasteiger partial charge in [-0.25, -0.2) is 0 Å². The van der Waals surface area contributed by atoms with E-state index in [0.717, 1.165) is 0 Å². The number of nitrogens with zero attached hydrogens (tertiary/aromatic N) is 2. The van der Waals surface area contributed by atoms with Gasteiger partial charge in [0.05, 0.1) is 29.4 Å². The van der Waals surface area contributed by atoms with Gasteiger partial charge in [0.15, 0.2) is 11.5 Å². The lowest BCUT2D eigenvalue weighted by Gasteiger charge is -2.14. The summed E-state index contributed by atoms with van der Waals surface area (Å²) in [5.41, 5.74) is 1.03. The fourth-order valence-corrected chi connectivity index (χ4v) is 2.49. The number of hydrogen-bond donors (Lipinski definition) is 1. The number of carbonyl (C=O) groups is 1. The number of nitrogens with one attached hydrogen (secondary N) is 1. The Morgan fingerprint density at radius 1 is 1.19 bits per heavy atom. The van der Waals surface area contributed by atoms with E-state index in [1.165, 1.54) is 30.3 Å². The summed E-state index contributed by atoms with van der Waals surface area (Å²) in [5, 5.41) is 22.9. The van der Waals surface area contributed by atoms with Crippen LogP contribution in [0.4, 0.5) is 11.4 Å². The zero-order valence-electron chi connectivity index (χ0n) is 15.2. The number of hydrogen-bond acceptors (Lipinski definition) is 6. The molecular weight excluding hydrogens is 350 g/mol. The molecule has 0 saturated heterocycles. The van der Waals surface area contributed by atoms with Crippen LogP contribution in [0.25, 0.3) is 0 Å². The van der Waals surface area contributed by atoms with Crippen LogP contribution in [-0.4, -0.2) is 24.0 Å². The van der Waals surface area contributed by atoms with Gasteiger partial charge in [-0.05, 0) is 32.9 Å². The molecule has 1 N–H and O–H groups in total. The molecule has 0 radical (unpaired) electrons. The van der Waals surface area contributed by atoms with Gasteiger partial charge in [0.2, 0.25) is 0 Å². The summed E-state index contributed by atoms with van der Waals surface area (Å²) in [7, 11) is 0. The van der Waals surface area contributed by atoms with Crippen LogP contribution in [-0.2, 0) is 0 Å². The summed E-state index contributed by atoms with van der Waals surface area (Å²) in [4.78, 5) is 22.9. The summed E-state index contributed by atoms with van der Waals surface area (Å²) >= 11 is 0. The van der Waals surface area contributed by atoms with E-state index in [4.69, 9.17) is 9.47 Å². The van der Waals surface area contributed by atoms with Gasteiger partial charge >= 0.3 is 0 Å². The summed E-state index contributed by atoms with van der Waals surface area (Å²) in [6.07, 6.45) is 0. The van der Waals surface area contributed by atoms with Crippen molar-refractivity contribution in [3.63, 3.8) is 0 Å². The molecule has 2 rings (SSSR count). The Bertz CT molecular complexity index is 918. The average Bonchev–Trinajstić information content (AvgIpc) is 2.63. The molecule has 0 atom stereocenters. The van der Waals surface area contributed by atoms with E-state index in [1.54, 1.807) is 6.92 Å². The molecule has 27 heavy (non-hydrogen) atoms. The minimum absolute atomic E-state index is 0.0658. The molecule has 8 nitrogen and oxygen atoms in total. The lowest BCUT2D eigenvalue weighted by atomic mass is 10.1. The number of aryl methyl sites for hydroxylation is 1. The van der Waals surface area contributed by atoms with Gasteiger partial charge in [-0.1, -0.05) is 0 Å². The van der Waals surface area contributed by atoms with E-state index in [9.17, 15) is 20.2 Å². The van der Waals surface area contributed by atoms with Crippen molar-refractivity contribution >= 4 is 17.3 Å². The van der Waals surface area contributed by atoms with Gasteiger partial charge in [0, 0.05) is 29.3 Å². The maximum absolute atomic E-state index is 12.5. The van der Waals surface area contributed by atoms with Crippen LogP contribution < -0.4 is 14.8 Å². The third kappa shape index (κ3) is 4.52. The van der Waals surface area contributed by atoms with E-state index in [-0.39, 0.29) is 22.5 Å². The minimum atomic E-state index is -0.508. The summed E-state index contributed by atoms with van der Waals surface area (Å²) < 4.78 is 11.0. The highest BCUT2D eigenvalue weighted by Gasteiger charge is 2.17. The second kappa shape index (κ2) is 8.67. The number of nitro groups is 1. The third-order valence-corrected chi connectivity index (χ3v) is 3.71. The zero-order valence-corrected chi connectivity index (χ0v) is 15.2. The number of amides is 1. The molecule has 0 unspecified atom stereocenters. The first-order valence-corrected chi connectivity index (χ1v) is 8.31. The Morgan fingerprint density at radius 3 is 2.33 bits per heavy atom. The van der Waals surface area contributed by atoms with Crippen molar-refractivity contribution < 1.29 is 19.2 Å². The quantitative estimate of drug-likeness (QED) is 0.586. The van der Waals surface area contributed by atoms with Crippen molar-refractivity contribution in [2.45, 2.75) is 20.8 Å². The Labute approximate surface area is 156 Å². The first-order valence-electron chi connectivity index (χ1n) is 8.31. The molecular formula is C19H19N3O5. The molecule has 0 aliphatic heterocycles. The molecule has 1 amide bonds. The summed E-state index contributed by atoms with van der Waals surface area (Å²) in [6, 6.07) is 9.12. The number of anilines is 1. The van der Waals surface area contributed by atoms with Gasteiger partial charge in [0.25, 0.3) is 11.6 Å². The first kappa shape index (κ1) is 19.7. The van der Waals surface area contributed by atoms with Gasteiger partial charge in [0.1, 0.15) is 6.07 Å². The van der Waals surface area contributed by atoms with Crippen LogP contribution in [0.2, 0.25) is 0 Å². The largest absolute Gasteiger partial charge is 0.490 e. The molecule has 0 saturated carbocycles. The molecule has 2 aromatic rings. The van der Waals surface area contributed by atoms with Crippen molar-refractivity contribution in [3.8, 4) is 17.6 Å². The Morgan fingerprint density at radius 2 is 1.81 bits per heavy atom. The van der Waals surface area contributed by atoms with Gasteiger partial charge < -0.3 is 14.8 Å². The number of ether oxygens (including phenoxy) is 2. The van der Waals surface area contributed by atoms with Crippen molar-refractivity contribution in [1.29, 1.82) is 5.26 Å². The van der Waals surface area contributed by atoms with Crippen molar-refractivity contribution in [3.05, 3.63) is 57.1 Å². The maximum Gasteiger partial charge on any atom is 0.272 e. The highest BCUT2D eigenvalue weighted by Crippen LogP contribution is 2.34. The van der Waals surface area contributed by atoms with Crippen LogP contribution in [0.5, 0.6) is 11.5 Å². The molecule has 0 spiro atoms. The van der Waals surface area contributed by atoms with Crippen LogP contribution in [0.3, 0.4) is 0 Å². The molecule has 0 aliphatic carbocycles. The minimum Gasteiger partial charge on any atom is -0.490 e. The third-order valence-electron chi connectivity index (χ3n) is 3.71. The highest BCUT2D eigenvalue weighted by atomic mass is 16.6. The summed E-state index contributed by atoms with van der Waals surface area (Å²) in [6.45, 7) is 5.97. The van der Waals surface area contributed by atoms with E-state index >= 15 is 0 Å². The monoisotopic (exact) mass is 369 g/mol. The second-order valence-corrected chi connectivity index (χ2v) is 5.53. The highest BCUT2D eigenvalue weighted by molar-refractivity contribution is 6.05. The van der Waals surface area contributed by atoms with Gasteiger partial charge in [-0.2, -0.15) is 5.26 Å². The van der Waals surface area contributed by atoms with E-state index in [0.29, 0.717) is 30.3 Å². The normalized spacial score (nSPS) is 10.0. The molecule has 2 aromatic carbocycles. The van der Waals surface area contributed by atoms with Gasteiger partial charge in [-0.3, -0.25) is 14.9 Å². The number of carbonyl (C=O) groups excluding carboxylic acids is 1. The SMILES string of the molecule is CCOc1cc(C#N)c(NC(=O)c2ccc([N+](=O)[O-])c(C)c2)cc1OCC. The first-order chi connectivity index (χ1) is 12.9. The van der Waals surface area contributed by atoms with E-state index in [1.807, 2.05) is 19.9 Å². The van der Waals surface area contributed by atoms with E-state index < -0.39 is 10.8 Å². The number of rotatable bonds is 7. The molecule has 140 valence electrons. The molecule has 0 bridgehead atoms. The predicted molar refractivity (Wildman–Crippen MR) is 99.3 cm³/mol. The Hall–Kier alpha value is -3.60. The summed E-state index contributed by atoms with van der Waals surface area (Å²) in [5.74, 6) is 0.338. The van der Waals surface area contributed by atoms with Crippen LogP contribution in [0.1, 0.15) is 35.3 Å². The van der Waals surface area contributed by atoms with Crippen LogP contribution in [0.15, 0.2) is 30.3 Å². The second-order valence-electron chi connectivity index (χ2n) is 5.53. The smallest absolute Gasteiger partial charge is 0.272 e. The van der Waals surface area contributed by atoms with Crippen LogP contribution >= 0.6 is 0 Å². The van der Waals surface area contributed by atoms with E-state index in [2.05, 4.69) is 5.32 Å². The fraction of sp³-hybridized carbons (Fsp3) is 0.263. The molecule has 0 aromatic heterocycles. The van der Waals surface area contributed by atoms with Crippen molar-refractivity contribution in [2.75, 3.05) is 18.5 Å². The molecule has 8 heteroatoms. The lowest BCUT2D eigenvalue weighted by molar-refractivity contribution is -0.385. The standard InChI is InChI=1S/C19H19N3O5/c1-4-26-17-9-14(11-20)15(10-18(17)27-5-2)21-19(23)13-6-7-16(22(24)25)12(3)8-13/h6-10H,4-5H2,1-3H3,(H,21,23). The fourth-order valence-electron chi connectivity index (χ4n) is 2.49. The number of nitriles is 1. The molecule has 0 fully saturated rings. The average molecular weight is 369 g/mol. The number of nitro benzene ring substituents is 1. The lowest BCUT2D eigenvalue weighted by Crippen LogP contribution is -2.14.